The van der Waals surface area contributed by atoms with E-state index in [-0.39, 0.29) is 18.4 Å². The first-order chi connectivity index (χ1) is 14.4. The van der Waals surface area contributed by atoms with Gasteiger partial charge in [-0.3, -0.25) is 4.79 Å². The van der Waals surface area contributed by atoms with Crippen LogP contribution in [0.3, 0.4) is 0 Å². The smallest absolute Gasteiger partial charge is 0.329 e. The second-order valence-corrected chi connectivity index (χ2v) is 8.11. The largest absolute Gasteiger partial charge is 0.458 e. The molecular formula is C23H25N3O3S. The van der Waals surface area contributed by atoms with Crippen LogP contribution in [0.4, 0.5) is 10.8 Å². The van der Waals surface area contributed by atoms with Crippen molar-refractivity contribution in [2.75, 3.05) is 5.32 Å². The lowest BCUT2D eigenvalue weighted by atomic mass is 10.0. The van der Waals surface area contributed by atoms with Crippen LogP contribution in [0.2, 0.25) is 0 Å². The lowest BCUT2D eigenvalue weighted by Gasteiger charge is -2.21. The molecule has 0 bridgehead atoms. The van der Waals surface area contributed by atoms with Crippen molar-refractivity contribution in [1.29, 1.82) is 0 Å². The Morgan fingerprint density at radius 2 is 1.77 bits per heavy atom. The molecule has 0 saturated heterocycles. The zero-order chi connectivity index (χ0) is 21.5. The maximum atomic E-state index is 12.6. The summed E-state index contributed by atoms with van der Waals surface area (Å²) in [6, 6.07) is 16.3. The molecule has 0 aliphatic rings. The Morgan fingerprint density at radius 1 is 1.07 bits per heavy atom. The standard InChI is InChI=1S/C23H25N3O3S/c1-15(2)20(26-21(27)19-12-8-7-9-16(19)3)22(28)29-13-18-14-30-23(25-18)24-17-10-5-4-6-11-17/h4-12,14-15,20H,13H2,1-3H3,(H,24,25)(H,26,27)/t20-/m0/s1. The monoisotopic (exact) mass is 423 g/mol. The number of aromatic nitrogens is 1. The van der Waals surface area contributed by atoms with Gasteiger partial charge in [0, 0.05) is 16.6 Å². The normalized spacial score (nSPS) is 11.7. The van der Waals surface area contributed by atoms with Gasteiger partial charge in [-0.05, 0) is 36.6 Å². The van der Waals surface area contributed by atoms with E-state index in [4.69, 9.17) is 4.74 Å². The molecule has 0 radical (unpaired) electrons. The summed E-state index contributed by atoms with van der Waals surface area (Å²) in [6.07, 6.45) is 0. The van der Waals surface area contributed by atoms with Gasteiger partial charge in [-0.1, -0.05) is 50.2 Å². The molecule has 1 atom stereocenters. The van der Waals surface area contributed by atoms with Gasteiger partial charge in [0.15, 0.2) is 5.13 Å². The highest BCUT2D eigenvalue weighted by Crippen LogP contribution is 2.21. The Bertz CT molecular complexity index is 1000. The molecule has 0 unspecified atom stereocenters. The summed E-state index contributed by atoms with van der Waals surface area (Å²) in [4.78, 5) is 29.7. The van der Waals surface area contributed by atoms with Crippen molar-refractivity contribution in [2.24, 2.45) is 5.92 Å². The maximum Gasteiger partial charge on any atom is 0.329 e. The van der Waals surface area contributed by atoms with Gasteiger partial charge in [0.25, 0.3) is 5.91 Å². The average Bonchev–Trinajstić information content (AvgIpc) is 3.18. The number of hydrogen-bond acceptors (Lipinski definition) is 6. The molecule has 2 N–H and O–H groups in total. The van der Waals surface area contributed by atoms with Crippen molar-refractivity contribution in [1.82, 2.24) is 10.3 Å². The number of nitrogens with zero attached hydrogens (tertiary/aromatic N) is 1. The Balaban J connectivity index is 1.58. The number of nitrogens with one attached hydrogen (secondary N) is 2. The van der Waals surface area contributed by atoms with E-state index in [0.29, 0.717) is 11.3 Å². The molecule has 3 rings (SSSR count). The molecule has 0 spiro atoms. The molecule has 7 heteroatoms. The first-order valence-corrected chi connectivity index (χ1v) is 10.6. The number of ether oxygens (including phenoxy) is 1. The van der Waals surface area contributed by atoms with E-state index in [1.807, 2.05) is 68.6 Å². The fraction of sp³-hybridized carbons (Fsp3) is 0.261. The highest BCUT2D eigenvalue weighted by molar-refractivity contribution is 7.13. The van der Waals surface area contributed by atoms with Gasteiger partial charge < -0.3 is 15.4 Å². The van der Waals surface area contributed by atoms with E-state index in [1.54, 1.807) is 12.1 Å². The summed E-state index contributed by atoms with van der Waals surface area (Å²) >= 11 is 1.44. The highest BCUT2D eigenvalue weighted by atomic mass is 32.1. The van der Waals surface area contributed by atoms with Crippen LogP contribution in [0.25, 0.3) is 0 Å². The van der Waals surface area contributed by atoms with E-state index >= 15 is 0 Å². The van der Waals surface area contributed by atoms with Crippen molar-refractivity contribution in [3.05, 3.63) is 76.8 Å². The zero-order valence-electron chi connectivity index (χ0n) is 17.2. The summed E-state index contributed by atoms with van der Waals surface area (Å²) < 4.78 is 5.44. The van der Waals surface area contributed by atoms with E-state index in [0.717, 1.165) is 16.4 Å². The predicted octanol–water partition coefficient (Wildman–Crippen LogP) is 4.69. The predicted molar refractivity (Wildman–Crippen MR) is 119 cm³/mol. The minimum absolute atomic E-state index is 0.0509. The summed E-state index contributed by atoms with van der Waals surface area (Å²) in [6.45, 7) is 5.65. The summed E-state index contributed by atoms with van der Waals surface area (Å²) in [7, 11) is 0. The molecular weight excluding hydrogens is 398 g/mol. The quantitative estimate of drug-likeness (QED) is 0.514. The summed E-state index contributed by atoms with van der Waals surface area (Å²) in [5, 5.41) is 8.58. The molecule has 1 heterocycles. The number of amides is 1. The SMILES string of the molecule is Cc1ccccc1C(=O)N[C@H](C(=O)OCc1csc(Nc2ccccc2)n1)C(C)C. The second kappa shape index (κ2) is 10.0. The Kier molecular flexibility index (Phi) is 7.19. The lowest BCUT2D eigenvalue weighted by Crippen LogP contribution is -2.45. The lowest BCUT2D eigenvalue weighted by molar-refractivity contribution is -0.148. The number of aryl methyl sites for hydroxylation is 1. The van der Waals surface area contributed by atoms with Gasteiger partial charge in [-0.2, -0.15) is 0 Å². The molecule has 156 valence electrons. The van der Waals surface area contributed by atoms with Gasteiger partial charge in [0.1, 0.15) is 12.6 Å². The van der Waals surface area contributed by atoms with Crippen LogP contribution >= 0.6 is 11.3 Å². The molecule has 1 amide bonds. The topological polar surface area (TPSA) is 80.3 Å². The Labute approximate surface area is 180 Å². The minimum atomic E-state index is -0.738. The number of rotatable bonds is 8. The molecule has 0 saturated carbocycles. The number of carbonyl (C=O) groups excluding carboxylic acids is 2. The fourth-order valence-corrected chi connectivity index (χ4v) is 3.57. The minimum Gasteiger partial charge on any atom is -0.458 e. The zero-order valence-corrected chi connectivity index (χ0v) is 18.0. The number of benzene rings is 2. The van der Waals surface area contributed by atoms with Crippen molar-refractivity contribution < 1.29 is 14.3 Å². The third kappa shape index (κ3) is 5.67. The van der Waals surface area contributed by atoms with Crippen LogP contribution in [-0.4, -0.2) is 22.9 Å². The number of hydrogen-bond donors (Lipinski definition) is 2. The third-order valence-electron chi connectivity index (χ3n) is 4.54. The molecule has 3 aromatic rings. The molecule has 1 aromatic heterocycles. The van der Waals surface area contributed by atoms with E-state index < -0.39 is 12.0 Å². The second-order valence-electron chi connectivity index (χ2n) is 7.25. The molecule has 0 aliphatic carbocycles. The van der Waals surface area contributed by atoms with Crippen LogP contribution < -0.4 is 10.6 Å². The Hall–Kier alpha value is -3.19. The fourth-order valence-electron chi connectivity index (χ4n) is 2.85. The van der Waals surface area contributed by atoms with Gasteiger partial charge in [0.2, 0.25) is 0 Å². The first kappa shape index (κ1) is 21.5. The maximum absolute atomic E-state index is 12.6. The number of carbonyl (C=O) groups is 2. The van der Waals surface area contributed by atoms with E-state index in [9.17, 15) is 9.59 Å². The third-order valence-corrected chi connectivity index (χ3v) is 5.34. The van der Waals surface area contributed by atoms with Gasteiger partial charge in [0.05, 0.1) is 5.69 Å². The van der Waals surface area contributed by atoms with E-state index in [1.165, 1.54) is 11.3 Å². The average molecular weight is 424 g/mol. The van der Waals surface area contributed by atoms with Gasteiger partial charge in [-0.25, -0.2) is 9.78 Å². The van der Waals surface area contributed by atoms with Crippen LogP contribution in [-0.2, 0) is 16.1 Å². The van der Waals surface area contributed by atoms with Crippen molar-refractivity contribution in [3.8, 4) is 0 Å². The molecule has 6 nitrogen and oxygen atoms in total. The van der Waals surface area contributed by atoms with E-state index in [2.05, 4.69) is 15.6 Å². The Morgan fingerprint density at radius 3 is 2.47 bits per heavy atom. The highest BCUT2D eigenvalue weighted by Gasteiger charge is 2.26. The van der Waals surface area contributed by atoms with Gasteiger partial charge in [-0.15, -0.1) is 11.3 Å². The number of thiazole rings is 1. The van der Waals surface area contributed by atoms with Crippen molar-refractivity contribution in [2.45, 2.75) is 33.4 Å². The van der Waals surface area contributed by atoms with Crippen LogP contribution in [0.5, 0.6) is 0 Å². The number of para-hydroxylation sites is 1. The first-order valence-electron chi connectivity index (χ1n) is 9.73. The van der Waals surface area contributed by atoms with Crippen molar-refractivity contribution in [3.63, 3.8) is 0 Å². The number of esters is 1. The number of anilines is 2. The molecule has 30 heavy (non-hydrogen) atoms. The van der Waals surface area contributed by atoms with Crippen LogP contribution in [0.15, 0.2) is 60.0 Å². The van der Waals surface area contributed by atoms with Gasteiger partial charge >= 0.3 is 5.97 Å². The molecule has 0 aliphatic heterocycles. The van der Waals surface area contributed by atoms with Crippen LogP contribution in [0, 0.1) is 12.8 Å². The summed E-state index contributed by atoms with van der Waals surface area (Å²) in [5.74, 6) is -0.875. The molecule has 2 aromatic carbocycles. The van der Waals surface area contributed by atoms with Crippen LogP contribution in [0.1, 0.15) is 35.5 Å². The summed E-state index contributed by atoms with van der Waals surface area (Å²) in [5.41, 5.74) is 2.99. The van der Waals surface area contributed by atoms with Crippen molar-refractivity contribution >= 4 is 34.0 Å². The molecule has 0 fully saturated rings.